The fourth-order valence-electron chi connectivity index (χ4n) is 5.08. The molecule has 2 aliphatic heterocycles. The smallest absolute Gasteiger partial charge is 0.407 e. The average Bonchev–Trinajstić information content (AvgIpc) is 2.74. The van der Waals surface area contributed by atoms with Crippen LogP contribution in [0.3, 0.4) is 0 Å². The van der Waals surface area contributed by atoms with E-state index in [1.807, 2.05) is 20.8 Å². The lowest BCUT2D eigenvalue weighted by Crippen LogP contribution is -2.63. The number of halogens is 2. The van der Waals surface area contributed by atoms with Crippen LogP contribution >= 0.6 is 0 Å². The highest BCUT2D eigenvalue weighted by Gasteiger charge is 2.47. The molecular weight excluding hydrogens is 520 g/mol. The van der Waals surface area contributed by atoms with Crippen LogP contribution in [0.5, 0.6) is 0 Å². The van der Waals surface area contributed by atoms with Crippen LogP contribution in [0.15, 0.2) is 12.2 Å². The molecule has 2 fully saturated rings. The predicted octanol–water partition coefficient (Wildman–Crippen LogP) is 3.63. The van der Waals surface area contributed by atoms with Crippen LogP contribution in [0.2, 0.25) is 0 Å². The summed E-state index contributed by atoms with van der Waals surface area (Å²) < 4.78 is 52.0. The van der Waals surface area contributed by atoms with Crippen molar-refractivity contribution >= 4 is 22.8 Å². The summed E-state index contributed by atoms with van der Waals surface area (Å²) in [5.41, 5.74) is -1.51. The number of hydrogen-bond acceptors (Lipinski definition) is 7. The first-order chi connectivity index (χ1) is 17.4. The minimum absolute atomic E-state index is 0.0641. The summed E-state index contributed by atoms with van der Waals surface area (Å²) in [6.07, 6.45) is 1.78. The number of nitrogens with one attached hydrogen (secondary N) is 2. The molecule has 0 bridgehead atoms. The van der Waals surface area contributed by atoms with Crippen molar-refractivity contribution in [2.45, 2.75) is 96.8 Å². The fraction of sp³-hybridized carbons (Fsp3) is 0.846. The Morgan fingerprint density at radius 3 is 2.26 bits per heavy atom. The topological polar surface area (TPSA) is 117 Å². The van der Waals surface area contributed by atoms with E-state index in [4.69, 9.17) is 9.47 Å². The summed E-state index contributed by atoms with van der Waals surface area (Å²) in [5.74, 6) is -4.53. The van der Waals surface area contributed by atoms with E-state index in [-0.39, 0.29) is 23.7 Å². The van der Waals surface area contributed by atoms with Gasteiger partial charge in [-0.2, -0.15) is 13.8 Å². The maximum atomic E-state index is 14.8. The van der Waals surface area contributed by atoms with Gasteiger partial charge in [0, 0.05) is 39.1 Å². The Morgan fingerprint density at radius 1 is 1.18 bits per heavy atom. The maximum Gasteiger partial charge on any atom is 0.407 e. The van der Waals surface area contributed by atoms with E-state index in [1.165, 1.54) is 5.06 Å². The second-order valence-electron chi connectivity index (χ2n) is 12.6. The number of carbonyl (C=O) groups excluding carboxylic acids is 2. The number of alkyl halides is 2. The Hall–Kier alpha value is -1.63. The van der Waals surface area contributed by atoms with Gasteiger partial charge in [0.15, 0.2) is 0 Å². The standard InChI is InChI=1S/C26H45F2N3O6S/c1-18(2)12-19(30-22(33)37-10-11-38(35)17-25(7)15-36-16-25)8-9-26(27,28)21(32)29-20-13-23(3,4)31(34)24(5,6)14-20/h8-9,18-20,34H,10-17H2,1-7H3,(H,29,32)(H,30,33)/b9-8+/t19-,38?/m0/s1. The van der Waals surface area contributed by atoms with Gasteiger partial charge < -0.3 is 25.3 Å². The van der Waals surface area contributed by atoms with Gasteiger partial charge in [-0.1, -0.05) is 26.8 Å². The first-order valence-electron chi connectivity index (χ1n) is 13.1. The monoisotopic (exact) mass is 565 g/mol. The zero-order valence-corrected chi connectivity index (χ0v) is 24.5. The third kappa shape index (κ3) is 9.53. The molecule has 2 rings (SSSR count). The zero-order valence-electron chi connectivity index (χ0n) is 23.6. The van der Waals surface area contributed by atoms with E-state index in [0.29, 0.717) is 44.3 Å². The molecule has 220 valence electrons. The molecule has 0 aromatic carbocycles. The van der Waals surface area contributed by atoms with Crippen molar-refractivity contribution in [1.29, 1.82) is 0 Å². The third-order valence-corrected chi connectivity index (χ3v) is 8.44. The molecule has 0 aliphatic carbocycles. The van der Waals surface area contributed by atoms with E-state index in [1.54, 1.807) is 27.7 Å². The molecule has 0 aromatic rings. The van der Waals surface area contributed by atoms with Gasteiger partial charge in [-0.05, 0) is 59.0 Å². The summed E-state index contributed by atoms with van der Waals surface area (Å²) in [6.45, 7) is 13.9. The molecule has 9 nitrogen and oxygen atoms in total. The third-order valence-electron chi connectivity index (χ3n) is 6.80. The van der Waals surface area contributed by atoms with Crippen LogP contribution in [0.1, 0.15) is 67.7 Å². The minimum Gasteiger partial charge on any atom is -0.449 e. The highest BCUT2D eigenvalue weighted by Crippen LogP contribution is 2.37. The van der Waals surface area contributed by atoms with Crippen molar-refractivity contribution in [2.75, 3.05) is 31.3 Å². The zero-order chi connectivity index (χ0) is 28.9. The minimum atomic E-state index is -3.80. The Bertz CT molecular complexity index is 874. The number of hydrogen-bond donors (Lipinski definition) is 3. The molecular formula is C26H45F2N3O6S. The van der Waals surface area contributed by atoms with E-state index >= 15 is 0 Å². The van der Waals surface area contributed by atoms with Crippen LogP contribution in [0.25, 0.3) is 0 Å². The van der Waals surface area contributed by atoms with E-state index in [0.717, 1.165) is 6.08 Å². The van der Waals surface area contributed by atoms with Gasteiger partial charge in [0.05, 0.1) is 25.0 Å². The van der Waals surface area contributed by atoms with Crippen LogP contribution in [0, 0.1) is 11.3 Å². The van der Waals surface area contributed by atoms with Crippen molar-refractivity contribution in [3.8, 4) is 0 Å². The van der Waals surface area contributed by atoms with E-state index in [9.17, 15) is 27.8 Å². The number of amides is 2. The molecule has 0 aromatic heterocycles. The first-order valence-corrected chi connectivity index (χ1v) is 14.6. The molecule has 38 heavy (non-hydrogen) atoms. The molecule has 1 unspecified atom stereocenters. The van der Waals surface area contributed by atoms with Crippen LogP contribution in [0.4, 0.5) is 13.6 Å². The second kappa shape index (κ2) is 12.7. The molecule has 2 amide bonds. The summed E-state index contributed by atoms with van der Waals surface area (Å²) in [7, 11) is -1.17. The van der Waals surface area contributed by atoms with Crippen molar-refractivity contribution in [1.82, 2.24) is 15.7 Å². The van der Waals surface area contributed by atoms with Crippen molar-refractivity contribution < 1.29 is 37.3 Å². The molecule has 0 saturated carbocycles. The number of ether oxygens (including phenoxy) is 2. The number of nitrogens with zero attached hydrogens (tertiary/aromatic N) is 1. The molecule has 3 N–H and O–H groups in total. The number of carbonyl (C=O) groups is 2. The lowest BCUT2D eigenvalue weighted by atomic mass is 9.79. The van der Waals surface area contributed by atoms with Crippen LogP contribution in [-0.2, 0) is 25.1 Å². The molecule has 12 heteroatoms. The molecule has 0 radical (unpaired) electrons. The Morgan fingerprint density at radius 2 is 1.76 bits per heavy atom. The molecule has 2 atom stereocenters. The van der Waals surface area contributed by atoms with Gasteiger partial charge in [-0.15, -0.1) is 0 Å². The van der Waals surface area contributed by atoms with E-state index in [2.05, 4.69) is 10.6 Å². The Kier molecular flexibility index (Phi) is 10.9. The number of piperidine rings is 1. The van der Waals surface area contributed by atoms with Crippen LogP contribution < -0.4 is 10.6 Å². The van der Waals surface area contributed by atoms with Crippen molar-refractivity contribution in [3.63, 3.8) is 0 Å². The van der Waals surface area contributed by atoms with Gasteiger partial charge in [0.1, 0.15) is 6.61 Å². The largest absolute Gasteiger partial charge is 0.449 e. The molecule has 2 saturated heterocycles. The number of hydroxylamine groups is 2. The lowest BCUT2D eigenvalue weighted by molar-refractivity contribution is -0.246. The molecule has 2 aliphatic rings. The average molecular weight is 566 g/mol. The van der Waals surface area contributed by atoms with Gasteiger partial charge in [0.2, 0.25) is 0 Å². The first kappa shape index (κ1) is 32.6. The number of alkyl carbamates (subject to hydrolysis) is 1. The summed E-state index contributed by atoms with van der Waals surface area (Å²) in [6, 6.07) is -1.33. The summed E-state index contributed by atoms with van der Waals surface area (Å²) >= 11 is 0. The van der Waals surface area contributed by atoms with Gasteiger partial charge in [-0.25, -0.2) is 4.79 Å². The Labute approximate surface area is 227 Å². The summed E-state index contributed by atoms with van der Waals surface area (Å²) in [5, 5.41) is 16.6. The van der Waals surface area contributed by atoms with E-state index < -0.39 is 51.9 Å². The highest BCUT2D eigenvalue weighted by atomic mass is 32.2. The Balaban J connectivity index is 1.91. The second-order valence-corrected chi connectivity index (χ2v) is 14.2. The fourth-order valence-corrected chi connectivity index (χ4v) is 6.43. The lowest BCUT2D eigenvalue weighted by Gasteiger charge is -2.51. The number of rotatable bonds is 12. The highest BCUT2D eigenvalue weighted by molar-refractivity contribution is 7.85. The predicted molar refractivity (Wildman–Crippen MR) is 142 cm³/mol. The maximum absolute atomic E-state index is 14.8. The van der Waals surface area contributed by atoms with Gasteiger partial charge in [0.25, 0.3) is 5.91 Å². The quantitative estimate of drug-likeness (QED) is 0.310. The summed E-state index contributed by atoms with van der Waals surface area (Å²) in [4.78, 5) is 24.7. The molecule has 2 heterocycles. The normalized spacial score (nSPS) is 23.0. The van der Waals surface area contributed by atoms with Gasteiger partial charge in [-0.3, -0.25) is 9.00 Å². The van der Waals surface area contributed by atoms with Crippen LogP contribution in [-0.4, -0.2) is 86.9 Å². The van der Waals surface area contributed by atoms with Gasteiger partial charge >= 0.3 is 12.0 Å². The van der Waals surface area contributed by atoms with Crippen molar-refractivity contribution in [2.24, 2.45) is 11.3 Å². The van der Waals surface area contributed by atoms with Crippen molar-refractivity contribution in [3.05, 3.63) is 12.2 Å². The molecule has 0 spiro atoms. The SMILES string of the molecule is CC(C)C[C@H](/C=C/C(F)(F)C(=O)NC1CC(C)(C)N(O)C(C)(C)C1)NC(=O)OCCS(=O)CC1(C)COC1.